The summed E-state index contributed by atoms with van der Waals surface area (Å²) < 4.78 is 17.7. The van der Waals surface area contributed by atoms with Crippen LogP contribution < -0.4 is 0 Å². The molecular weight excluding hydrogens is 320 g/mol. The largest absolute Gasteiger partial charge is 0.173 e. The van der Waals surface area contributed by atoms with Crippen LogP contribution in [0.25, 0.3) is 21.5 Å². The van der Waals surface area contributed by atoms with Crippen molar-refractivity contribution in [2.45, 2.75) is 26.2 Å². The van der Waals surface area contributed by atoms with E-state index in [1.807, 2.05) is 6.07 Å². The first-order valence-electron chi connectivity index (χ1n) is 6.52. The van der Waals surface area contributed by atoms with Gasteiger partial charge in [-0.1, -0.05) is 20.8 Å². The number of rotatable bonds is 1. The van der Waals surface area contributed by atoms with E-state index in [9.17, 15) is 0 Å². The van der Waals surface area contributed by atoms with Crippen LogP contribution in [-0.4, -0.2) is 8.75 Å². The van der Waals surface area contributed by atoms with Crippen LogP contribution in [0.5, 0.6) is 0 Å². The van der Waals surface area contributed by atoms with E-state index in [1.54, 1.807) is 11.3 Å². The number of aromatic nitrogens is 2. The van der Waals surface area contributed by atoms with Crippen LogP contribution in [0, 0.1) is 0 Å². The summed E-state index contributed by atoms with van der Waals surface area (Å²) in [6.07, 6.45) is 0. The first-order valence-corrected chi connectivity index (χ1v) is 8.80. The van der Waals surface area contributed by atoms with Crippen molar-refractivity contribution < 1.29 is 0 Å². The fourth-order valence-corrected chi connectivity index (χ4v) is 4.46. The van der Waals surface area contributed by atoms with Crippen LogP contribution in [0.4, 0.5) is 11.4 Å². The van der Waals surface area contributed by atoms with Crippen molar-refractivity contribution in [1.29, 1.82) is 0 Å². The molecule has 0 aliphatic carbocycles. The zero-order valence-electron chi connectivity index (χ0n) is 11.7. The number of hydrogen-bond acceptors (Lipinski definition) is 6. The second-order valence-corrected chi connectivity index (χ2v) is 8.07. The van der Waals surface area contributed by atoms with Gasteiger partial charge in [0.15, 0.2) is 0 Å². The van der Waals surface area contributed by atoms with Gasteiger partial charge in [0.1, 0.15) is 22.4 Å². The maximum absolute atomic E-state index is 4.47. The van der Waals surface area contributed by atoms with Gasteiger partial charge >= 0.3 is 0 Å². The molecule has 0 N–H and O–H groups in total. The minimum absolute atomic E-state index is 0.149. The summed E-state index contributed by atoms with van der Waals surface area (Å²) in [5.41, 5.74) is 4.90. The molecule has 1 aliphatic heterocycles. The number of benzene rings is 1. The minimum Gasteiger partial charge on any atom is -0.173 e. The highest BCUT2D eigenvalue weighted by Gasteiger charge is 2.23. The smallest absolute Gasteiger partial charge is 0.115 e. The third kappa shape index (κ3) is 2.07. The number of hydrogen-bond donors (Lipinski definition) is 0. The Balaban J connectivity index is 2.00. The summed E-state index contributed by atoms with van der Waals surface area (Å²) >= 11 is 4.28. The summed E-state index contributed by atoms with van der Waals surface area (Å²) in [4.78, 5) is 2.55. The first kappa shape index (κ1) is 13.2. The number of nitrogens with zero attached hydrogens (tertiary/aromatic N) is 4. The Labute approximate surface area is 134 Å². The van der Waals surface area contributed by atoms with E-state index in [1.165, 1.54) is 32.8 Å². The van der Waals surface area contributed by atoms with Gasteiger partial charge in [0.05, 0.1) is 23.1 Å². The van der Waals surface area contributed by atoms with Gasteiger partial charge in [0, 0.05) is 15.3 Å². The zero-order chi connectivity index (χ0) is 14.6. The van der Waals surface area contributed by atoms with Crippen molar-refractivity contribution in [3.63, 3.8) is 0 Å². The highest BCUT2D eigenvalue weighted by Crippen LogP contribution is 2.47. The predicted molar refractivity (Wildman–Crippen MR) is 91.0 cm³/mol. The number of fused-ring (bicyclic) bond motifs is 2. The molecule has 4 rings (SSSR count). The Kier molecular flexibility index (Phi) is 2.85. The minimum atomic E-state index is 0.149. The average molecular weight is 332 g/mol. The molecule has 3 heterocycles. The van der Waals surface area contributed by atoms with E-state index in [0.29, 0.717) is 0 Å². The maximum Gasteiger partial charge on any atom is 0.115 e. The molecule has 106 valence electrons. The molecule has 1 aromatic carbocycles. The molecule has 0 radical (unpaired) electrons. The van der Waals surface area contributed by atoms with Gasteiger partial charge in [0.2, 0.25) is 0 Å². The molecule has 4 nitrogen and oxygen atoms in total. The fraction of sp³-hybridized carbons (Fsp3) is 0.286. The molecule has 0 bridgehead atoms. The monoisotopic (exact) mass is 332 g/mol. The van der Waals surface area contributed by atoms with Crippen LogP contribution in [0.2, 0.25) is 0 Å². The van der Waals surface area contributed by atoms with Crippen LogP contribution in [-0.2, 0) is 16.8 Å². The van der Waals surface area contributed by atoms with Crippen LogP contribution in [0.3, 0.4) is 0 Å². The summed E-state index contributed by atoms with van der Waals surface area (Å²) in [7, 11) is 0. The third-order valence-corrected chi connectivity index (χ3v) is 5.98. The Hall–Kier alpha value is -1.44. The molecule has 7 heteroatoms. The van der Waals surface area contributed by atoms with Crippen LogP contribution >= 0.6 is 23.1 Å². The topological polar surface area (TPSA) is 50.5 Å². The second kappa shape index (κ2) is 4.53. The quantitative estimate of drug-likeness (QED) is 0.466. The summed E-state index contributed by atoms with van der Waals surface area (Å²) in [6.45, 7) is 6.69. The fourth-order valence-electron chi connectivity index (χ4n) is 2.28. The summed E-state index contributed by atoms with van der Waals surface area (Å²) in [5.74, 6) is 0. The van der Waals surface area contributed by atoms with Gasteiger partial charge in [-0.15, -0.1) is 11.3 Å². The van der Waals surface area contributed by atoms with Gasteiger partial charge in [-0.3, -0.25) is 0 Å². The molecule has 0 unspecified atom stereocenters. The SMILES string of the molecule is CC(C)(C)c1ccc(-c2c3c(cc4nsnc24)N=S=N3)s1. The van der Waals surface area contributed by atoms with E-state index < -0.39 is 0 Å². The third-order valence-electron chi connectivity index (χ3n) is 3.37. The van der Waals surface area contributed by atoms with Crippen LogP contribution in [0.1, 0.15) is 25.6 Å². The van der Waals surface area contributed by atoms with Gasteiger partial charge in [-0.2, -0.15) is 17.5 Å². The van der Waals surface area contributed by atoms with E-state index in [0.717, 1.165) is 28.0 Å². The maximum atomic E-state index is 4.47. The first-order chi connectivity index (χ1) is 10.0. The average Bonchev–Trinajstić information content (AvgIpc) is 3.14. The number of thiophene rings is 1. The second-order valence-electron chi connectivity index (χ2n) is 5.93. The predicted octanol–water partition coefficient (Wildman–Crippen LogP) is 5.44. The lowest BCUT2D eigenvalue weighted by Crippen LogP contribution is -2.07. The normalized spacial score (nSPS) is 13.7. The molecule has 0 saturated carbocycles. The molecular formula is C14H12N4S3. The van der Waals surface area contributed by atoms with Gasteiger partial charge in [-0.25, -0.2) is 0 Å². The molecule has 3 aromatic rings. The molecule has 0 spiro atoms. The molecule has 0 fully saturated rings. The standard InChI is InChI=1S/C14H12N4S3/c1-14(2,3)10-5-4-9(19-10)11-12-7(15-20-17-12)6-8-13(11)18-21-16-8/h4-6H,1-3H3. The Morgan fingerprint density at radius 2 is 1.90 bits per heavy atom. The zero-order valence-corrected chi connectivity index (χ0v) is 14.2. The lowest BCUT2D eigenvalue weighted by Gasteiger charge is -2.15. The lowest BCUT2D eigenvalue weighted by molar-refractivity contribution is 0.604. The van der Waals surface area contributed by atoms with Gasteiger partial charge in [0.25, 0.3) is 0 Å². The van der Waals surface area contributed by atoms with Crippen LogP contribution in [0.15, 0.2) is 26.9 Å². The molecule has 21 heavy (non-hydrogen) atoms. The highest BCUT2D eigenvalue weighted by molar-refractivity contribution is 7.58. The lowest BCUT2D eigenvalue weighted by atomic mass is 9.95. The molecule has 0 atom stereocenters. The van der Waals surface area contributed by atoms with E-state index >= 15 is 0 Å². The molecule has 2 aromatic heterocycles. The Bertz CT molecular complexity index is 923. The molecule has 0 saturated heterocycles. The van der Waals surface area contributed by atoms with Crippen molar-refractivity contribution >= 4 is 56.8 Å². The summed E-state index contributed by atoms with van der Waals surface area (Å²) in [5, 5.41) is 0. The van der Waals surface area contributed by atoms with E-state index in [2.05, 4.69) is 50.4 Å². The van der Waals surface area contributed by atoms with Crippen molar-refractivity contribution in [2.75, 3.05) is 0 Å². The van der Waals surface area contributed by atoms with Crippen molar-refractivity contribution in [3.05, 3.63) is 23.1 Å². The highest BCUT2D eigenvalue weighted by atomic mass is 32.1. The van der Waals surface area contributed by atoms with Crippen molar-refractivity contribution in [2.24, 2.45) is 8.73 Å². The van der Waals surface area contributed by atoms with E-state index in [4.69, 9.17) is 0 Å². The van der Waals surface area contributed by atoms with Gasteiger partial charge < -0.3 is 0 Å². The molecule has 1 aliphatic rings. The Morgan fingerprint density at radius 1 is 1.05 bits per heavy atom. The Morgan fingerprint density at radius 3 is 2.67 bits per heavy atom. The van der Waals surface area contributed by atoms with Crippen molar-refractivity contribution in [3.8, 4) is 10.4 Å². The van der Waals surface area contributed by atoms with Gasteiger partial charge in [-0.05, 0) is 23.6 Å². The molecule has 0 amide bonds. The van der Waals surface area contributed by atoms with E-state index in [-0.39, 0.29) is 5.41 Å². The summed E-state index contributed by atoms with van der Waals surface area (Å²) in [6, 6.07) is 6.34. The van der Waals surface area contributed by atoms with Crippen molar-refractivity contribution in [1.82, 2.24) is 8.75 Å².